The van der Waals surface area contributed by atoms with Crippen LogP contribution in [0.5, 0.6) is 0 Å². The number of piperazine rings is 1. The average Bonchev–Trinajstić information content (AvgIpc) is 2.58. The van der Waals surface area contributed by atoms with Gasteiger partial charge in [-0.2, -0.15) is 0 Å². The van der Waals surface area contributed by atoms with Gasteiger partial charge >= 0.3 is 6.09 Å². The molecule has 4 N–H and O–H groups in total. The monoisotopic (exact) mass is 525 g/mol. The van der Waals surface area contributed by atoms with E-state index in [0.29, 0.717) is 38.7 Å². The number of hydrogen-bond acceptors (Lipinski definition) is 5. The number of primary sulfonamides is 1. The highest BCUT2D eigenvalue weighted by Gasteiger charge is 2.26. The van der Waals surface area contributed by atoms with Crippen molar-refractivity contribution in [3.8, 4) is 0 Å². The molecule has 0 saturated carbocycles. The first kappa shape index (κ1) is 24.4. The molecule has 1 aromatic carbocycles. The predicted molar refractivity (Wildman–Crippen MR) is 118 cm³/mol. The molecule has 0 unspecified atom stereocenters. The number of hydrogen-bond donors (Lipinski definition) is 2. The van der Waals surface area contributed by atoms with Crippen LogP contribution in [0, 0.1) is 0 Å². The van der Waals surface area contributed by atoms with Gasteiger partial charge in [-0.3, -0.25) is 0 Å². The highest BCUT2D eigenvalue weighted by atomic mass is 127. The number of halogens is 1. The first-order valence-electron chi connectivity index (χ1n) is 8.60. The number of sulfonamides is 1. The van der Waals surface area contributed by atoms with E-state index >= 15 is 0 Å². The van der Waals surface area contributed by atoms with Crippen LogP contribution in [0.25, 0.3) is 0 Å². The van der Waals surface area contributed by atoms with Gasteiger partial charge in [-0.15, -0.1) is 24.0 Å². The number of carbonyl (C=O) groups is 1. The third-order valence-corrected chi connectivity index (χ3v) is 4.86. The second-order valence-electron chi connectivity index (χ2n) is 7.32. The van der Waals surface area contributed by atoms with Crippen LogP contribution in [0.4, 0.5) is 4.79 Å². The van der Waals surface area contributed by atoms with E-state index in [0.717, 1.165) is 5.56 Å². The summed E-state index contributed by atoms with van der Waals surface area (Å²) in [6, 6.07) is 6.18. The van der Waals surface area contributed by atoms with Crippen molar-refractivity contribution in [1.82, 2.24) is 9.80 Å². The maximum atomic E-state index is 12.1. The number of benzene rings is 1. The molecule has 0 atom stereocenters. The smallest absolute Gasteiger partial charge is 0.410 e. The van der Waals surface area contributed by atoms with Gasteiger partial charge in [-0.1, -0.05) is 12.1 Å². The fourth-order valence-electron chi connectivity index (χ4n) is 2.50. The van der Waals surface area contributed by atoms with Crippen LogP contribution in [0.2, 0.25) is 0 Å². The van der Waals surface area contributed by atoms with Crippen LogP contribution < -0.4 is 10.9 Å². The maximum Gasteiger partial charge on any atom is 0.410 e. The van der Waals surface area contributed by atoms with Gasteiger partial charge in [-0.25, -0.2) is 23.3 Å². The lowest BCUT2D eigenvalue weighted by Gasteiger charge is -2.36. The van der Waals surface area contributed by atoms with E-state index in [9.17, 15) is 13.2 Å². The Morgan fingerprint density at radius 2 is 1.61 bits per heavy atom. The van der Waals surface area contributed by atoms with Crippen LogP contribution >= 0.6 is 24.0 Å². The summed E-state index contributed by atoms with van der Waals surface area (Å²) in [5, 5.41) is 5.07. The molecule has 2 rings (SSSR count). The number of amides is 1. The minimum atomic E-state index is -3.70. The molecule has 1 amide bonds. The molecule has 0 aromatic heterocycles. The molecule has 11 heteroatoms. The number of nitrogens with zero attached hydrogens (tertiary/aromatic N) is 3. The summed E-state index contributed by atoms with van der Waals surface area (Å²) in [5.74, 6) is 0.384. The summed E-state index contributed by atoms with van der Waals surface area (Å²) < 4.78 is 27.9. The first-order valence-corrected chi connectivity index (χ1v) is 10.1. The zero-order chi connectivity index (χ0) is 20.2. The van der Waals surface area contributed by atoms with E-state index < -0.39 is 15.6 Å². The minimum absolute atomic E-state index is 0. The van der Waals surface area contributed by atoms with Crippen molar-refractivity contribution in [2.45, 2.75) is 37.8 Å². The molecule has 1 saturated heterocycles. The van der Waals surface area contributed by atoms with E-state index in [1.165, 1.54) is 12.1 Å². The number of guanidine groups is 1. The predicted octanol–water partition coefficient (Wildman–Crippen LogP) is 1.32. The largest absolute Gasteiger partial charge is 0.444 e. The highest BCUT2D eigenvalue weighted by molar-refractivity contribution is 14.0. The Morgan fingerprint density at radius 1 is 1.11 bits per heavy atom. The van der Waals surface area contributed by atoms with Crippen LogP contribution in [-0.4, -0.2) is 62.1 Å². The summed E-state index contributed by atoms with van der Waals surface area (Å²) in [4.78, 5) is 20.0. The van der Waals surface area contributed by atoms with Gasteiger partial charge in [0.15, 0.2) is 5.96 Å². The second-order valence-corrected chi connectivity index (χ2v) is 8.88. The van der Waals surface area contributed by atoms with Crippen LogP contribution in [0.1, 0.15) is 26.3 Å². The van der Waals surface area contributed by atoms with Crippen LogP contribution in [0.15, 0.2) is 34.2 Å². The number of ether oxygens (including phenoxy) is 1. The second kappa shape index (κ2) is 9.74. The van der Waals surface area contributed by atoms with Gasteiger partial charge in [0.25, 0.3) is 0 Å². The lowest BCUT2D eigenvalue weighted by molar-refractivity contribution is 0.0186. The summed E-state index contributed by atoms with van der Waals surface area (Å²) in [6.07, 6.45) is -0.326. The van der Waals surface area contributed by atoms with Crippen molar-refractivity contribution in [2.24, 2.45) is 15.9 Å². The molecule has 28 heavy (non-hydrogen) atoms. The third kappa shape index (κ3) is 7.43. The van der Waals surface area contributed by atoms with E-state index in [1.807, 2.05) is 25.7 Å². The molecule has 0 bridgehead atoms. The van der Waals surface area contributed by atoms with Gasteiger partial charge in [0.1, 0.15) is 5.60 Å². The molecule has 9 nitrogen and oxygen atoms in total. The summed E-state index contributed by atoms with van der Waals surface area (Å²) in [6.45, 7) is 7.98. The lowest BCUT2D eigenvalue weighted by Crippen LogP contribution is -2.53. The quantitative estimate of drug-likeness (QED) is 0.348. The summed E-state index contributed by atoms with van der Waals surface area (Å²) >= 11 is 0. The van der Waals surface area contributed by atoms with E-state index in [4.69, 9.17) is 15.6 Å². The number of carbonyl (C=O) groups excluding carboxylic acids is 1. The normalized spacial score (nSPS) is 15.8. The third-order valence-electron chi connectivity index (χ3n) is 3.93. The Hall–Kier alpha value is -1.60. The Labute approximate surface area is 183 Å². The standard InChI is InChI=1S/C17H27N5O4S.HI/c1-17(2,3)26-16(23)22-10-8-21(9-11-22)15(18)20-12-13-4-6-14(7-5-13)27(19,24)25;/h4-7H,8-12H2,1-3H3,(H2,18,20)(H2,19,24,25);1H. The van der Waals surface area contributed by atoms with Crippen molar-refractivity contribution >= 4 is 46.1 Å². The SMILES string of the molecule is CC(C)(C)OC(=O)N1CCN(C(N)=NCc2ccc(S(N)(=O)=O)cc2)CC1.I. The number of rotatable bonds is 3. The average molecular weight is 525 g/mol. The van der Waals surface area contributed by atoms with Gasteiger partial charge in [0.2, 0.25) is 10.0 Å². The number of aliphatic imine (C=N–C) groups is 1. The van der Waals surface area contributed by atoms with Crippen molar-refractivity contribution in [3.63, 3.8) is 0 Å². The number of nitrogens with two attached hydrogens (primary N) is 2. The molecule has 1 aliphatic rings. The van der Waals surface area contributed by atoms with E-state index in [2.05, 4.69) is 4.99 Å². The topological polar surface area (TPSA) is 131 Å². The molecule has 1 aromatic rings. The Balaban J connectivity index is 0.00000392. The van der Waals surface area contributed by atoms with E-state index in [-0.39, 0.29) is 35.0 Å². The highest BCUT2D eigenvalue weighted by Crippen LogP contribution is 2.12. The zero-order valence-corrected chi connectivity index (χ0v) is 19.4. The van der Waals surface area contributed by atoms with Crippen molar-refractivity contribution in [2.75, 3.05) is 26.2 Å². The van der Waals surface area contributed by atoms with Gasteiger partial charge in [0.05, 0.1) is 11.4 Å². The molecule has 158 valence electrons. The molecule has 0 radical (unpaired) electrons. The fraction of sp³-hybridized carbons (Fsp3) is 0.529. The Kier molecular flexibility index (Phi) is 8.50. The fourth-order valence-corrected chi connectivity index (χ4v) is 3.02. The zero-order valence-electron chi connectivity index (χ0n) is 16.3. The Bertz CT molecular complexity index is 798. The van der Waals surface area contributed by atoms with Crippen LogP contribution in [-0.2, 0) is 21.3 Å². The molecule has 0 spiro atoms. The molecular weight excluding hydrogens is 497 g/mol. The molecule has 0 aliphatic carbocycles. The van der Waals surface area contributed by atoms with E-state index in [1.54, 1.807) is 17.0 Å². The first-order chi connectivity index (χ1) is 12.5. The molecule has 1 heterocycles. The summed E-state index contributed by atoms with van der Waals surface area (Å²) in [5.41, 5.74) is 6.34. The van der Waals surface area contributed by atoms with Gasteiger partial charge < -0.3 is 20.3 Å². The van der Waals surface area contributed by atoms with Crippen molar-refractivity contribution < 1.29 is 17.9 Å². The maximum absolute atomic E-state index is 12.1. The van der Waals surface area contributed by atoms with Gasteiger partial charge in [0, 0.05) is 26.2 Å². The van der Waals surface area contributed by atoms with Crippen molar-refractivity contribution in [1.29, 1.82) is 0 Å². The van der Waals surface area contributed by atoms with Crippen molar-refractivity contribution in [3.05, 3.63) is 29.8 Å². The minimum Gasteiger partial charge on any atom is -0.444 e. The summed E-state index contributed by atoms with van der Waals surface area (Å²) in [7, 11) is -3.70. The molecule has 1 fully saturated rings. The Morgan fingerprint density at radius 3 is 2.07 bits per heavy atom. The molecule has 1 aliphatic heterocycles. The van der Waals surface area contributed by atoms with Crippen LogP contribution in [0.3, 0.4) is 0 Å². The van der Waals surface area contributed by atoms with Gasteiger partial charge in [-0.05, 0) is 38.5 Å². The lowest BCUT2D eigenvalue weighted by atomic mass is 10.2. The molecular formula is C17H28IN5O4S.